The van der Waals surface area contributed by atoms with Gasteiger partial charge in [0.25, 0.3) is 0 Å². The second-order valence-electron chi connectivity index (χ2n) is 4.80. The number of aromatic nitrogens is 5. The lowest BCUT2D eigenvalue weighted by Crippen LogP contribution is -2.21. The predicted octanol–water partition coefficient (Wildman–Crippen LogP) is 0.381. The summed E-state index contributed by atoms with van der Waals surface area (Å²) in [6.07, 6.45) is 4.51. The van der Waals surface area contributed by atoms with Crippen molar-refractivity contribution in [2.45, 2.75) is 32.7 Å². The van der Waals surface area contributed by atoms with Crippen LogP contribution in [0, 0.1) is 6.92 Å². The zero-order chi connectivity index (χ0) is 14.9. The topological polar surface area (TPSA) is 90.9 Å². The number of hydrogen-bond acceptors (Lipinski definition) is 7. The molecule has 2 aromatic heterocycles. The molecule has 0 aromatic carbocycles. The highest BCUT2D eigenvalue weighted by molar-refractivity contribution is 4.93. The van der Waals surface area contributed by atoms with Crippen molar-refractivity contribution in [2.75, 3.05) is 26.8 Å². The van der Waals surface area contributed by atoms with Crippen LogP contribution in [0.15, 0.2) is 10.7 Å². The van der Waals surface area contributed by atoms with Crippen LogP contribution >= 0.6 is 0 Å². The lowest BCUT2D eigenvalue weighted by Gasteiger charge is -2.01. The van der Waals surface area contributed by atoms with Crippen LogP contribution in [0.2, 0.25) is 0 Å². The van der Waals surface area contributed by atoms with Gasteiger partial charge >= 0.3 is 0 Å². The SMILES string of the molecule is COCCNCCc1cn(CCCc2nc(C)no2)nn1. The van der Waals surface area contributed by atoms with Gasteiger partial charge < -0.3 is 14.6 Å². The number of methoxy groups -OCH3 is 1. The molecule has 0 saturated heterocycles. The van der Waals surface area contributed by atoms with E-state index in [-0.39, 0.29) is 0 Å². The van der Waals surface area contributed by atoms with E-state index in [4.69, 9.17) is 9.26 Å². The van der Waals surface area contributed by atoms with Gasteiger partial charge in [0.1, 0.15) is 0 Å². The molecule has 0 amide bonds. The van der Waals surface area contributed by atoms with Crippen molar-refractivity contribution >= 4 is 0 Å². The average Bonchev–Trinajstić information content (AvgIpc) is 3.08. The van der Waals surface area contributed by atoms with Gasteiger partial charge in [-0.3, -0.25) is 4.68 Å². The molecular weight excluding hydrogens is 272 g/mol. The third-order valence-corrected chi connectivity index (χ3v) is 2.97. The molecule has 0 unspecified atom stereocenters. The summed E-state index contributed by atoms with van der Waals surface area (Å²) in [7, 11) is 1.70. The molecule has 0 atom stereocenters. The maximum atomic E-state index is 5.07. The van der Waals surface area contributed by atoms with E-state index in [9.17, 15) is 0 Å². The van der Waals surface area contributed by atoms with E-state index in [2.05, 4.69) is 25.8 Å². The Morgan fingerprint density at radius 1 is 1.33 bits per heavy atom. The summed E-state index contributed by atoms with van der Waals surface area (Å²) in [6, 6.07) is 0. The van der Waals surface area contributed by atoms with Gasteiger partial charge in [-0.05, 0) is 13.3 Å². The quantitative estimate of drug-likeness (QED) is 0.633. The van der Waals surface area contributed by atoms with E-state index in [1.54, 1.807) is 7.11 Å². The third kappa shape index (κ3) is 5.60. The Kier molecular flexibility index (Phi) is 6.29. The van der Waals surface area contributed by atoms with E-state index < -0.39 is 0 Å². The zero-order valence-corrected chi connectivity index (χ0v) is 12.6. The summed E-state index contributed by atoms with van der Waals surface area (Å²) in [6.45, 7) is 5.07. The van der Waals surface area contributed by atoms with Crippen molar-refractivity contribution in [3.05, 3.63) is 23.6 Å². The molecule has 0 radical (unpaired) electrons. The average molecular weight is 294 g/mol. The number of nitrogens with one attached hydrogen (secondary N) is 1. The molecule has 2 heterocycles. The Bertz CT molecular complexity index is 524. The number of hydrogen-bond donors (Lipinski definition) is 1. The number of nitrogens with zero attached hydrogens (tertiary/aromatic N) is 5. The second kappa shape index (κ2) is 8.48. The van der Waals surface area contributed by atoms with Crippen LogP contribution in [0.3, 0.4) is 0 Å². The molecule has 0 aliphatic rings. The van der Waals surface area contributed by atoms with E-state index in [0.29, 0.717) is 11.7 Å². The number of rotatable bonds is 10. The number of aryl methyl sites for hydroxylation is 3. The lowest BCUT2D eigenvalue weighted by atomic mass is 10.3. The highest BCUT2D eigenvalue weighted by Crippen LogP contribution is 2.02. The van der Waals surface area contributed by atoms with Crippen LogP contribution in [-0.2, 0) is 24.1 Å². The predicted molar refractivity (Wildman–Crippen MR) is 75.8 cm³/mol. The summed E-state index contributed by atoms with van der Waals surface area (Å²) in [4.78, 5) is 4.17. The largest absolute Gasteiger partial charge is 0.383 e. The van der Waals surface area contributed by atoms with Crippen molar-refractivity contribution < 1.29 is 9.26 Å². The van der Waals surface area contributed by atoms with Crippen molar-refractivity contribution in [1.29, 1.82) is 0 Å². The monoisotopic (exact) mass is 294 g/mol. The first-order chi connectivity index (χ1) is 10.3. The van der Waals surface area contributed by atoms with Crippen LogP contribution in [-0.4, -0.2) is 51.9 Å². The van der Waals surface area contributed by atoms with E-state index >= 15 is 0 Å². The minimum absolute atomic E-state index is 0.675. The van der Waals surface area contributed by atoms with Crippen LogP contribution in [0.25, 0.3) is 0 Å². The van der Waals surface area contributed by atoms with E-state index in [0.717, 1.165) is 51.2 Å². The molecule has 8 nitrogen and oxygen atoms in total. The standard InChI is InChI=1S/C13H22N6O2/c1-11-15-13(21-17-11)4-3-8-19-10-12(16-18-19)5-6-14-7-9-20-2/h10,14H,3-9H2,1-2H3. The second-order valence-corrected chi connectivity index (χ2v) is 4.80. The minimum Gasteiger partial charge on any atom is -0.383 e. The fourth-order valence-electron chi connectivity index (χ4n) is 1.91. The summed E-state index contributed by atoms with van der Waals surface area (Å²) >= 11 is 0. The number of ether oxygens (including phenoxy) is 1. The molecule has 2 rings (SSSR count). The first-order valence-electron chi connectivity index (χ1n) is 7.16. The van der Waals surface area contributed by atoms with Gasteiger partial charge in [0.05, 0.1) is 12.3 Å². The van der Waals surface area contributed by atoms with Gasteiger partial charge in [-0.25, -0.2) is 0 Å². The van der Waals surface area contributed by atoms with Gasteiger partial charge in [-0.2, -0.15) is 4.98 Å². The Balaban J connectivity index is 1.63. The third-order valence-electron chi connectivity index (χ3n) is 2.97. The fourth-order valence-corrected chi connectivity index (χ4v) is 1.91. The van der Waals surface area contributed by atoms with E-state index in [1.165, 1.54) is 0 Å². The fraction of sp³-hybridized carbons (Fsp3) is 0.692. The lowest BCUT2D eigenvalue weighted by molar-refractivity contribution is 0.199. The molecule has 8 heteroatoms. The Labute approximate surface area is 123 Å². The molecule has 1 N–H and O–H groups in total. The molecular formula is C13H22N6O2. The smallest absolute Gasteiger partial charge is 0.226 e. The first-order valence-corrected chi connectivity index (χ1v) is 7.16. The molecule has 0 fully saturated rings. The van der Waals surface area contributed by atoms with Crippen LogP contribution < -0.4 is 5.32 Å². The zero-order valence-electron chi connectivity index (χ0n) is 12.6. The van der Waals surface area contributed by atoms with Gasteiger partial charge in [-0.1, -0.05) is 10.4 Å². The summed E-state index contributed by atoms with van der Waals surface area (Å²) < 4.78 is 11.9. The summed E-state index contributed by atoms with van der Waals surface area (Å²) in [5, 5.41) is 15.3. The first kappa shape index (κ1) is 15.6. The van der Waals surface area contributed by atoms with Crippen LogP contribution in [0.1, 0.15) is 23.8 Å². The summed E-state index contributed by atoms with van der Waals surface area (Å²) in [5.41, 5.74) is 0.994. The van der Waals surface area contributed by atoms with Gasteiger partial charge in [0.15, 0.2) is 5.82 Å². The van der Waals surface area contributed by atoms with Gasteiger partial charge in [-0.15, -0.1) is 5.10 Å². The van der Waals surface area contributed by atoms with Crippen molar-refractivity contribution in [1.82, 2.24) is 30.5 Å². The van der Waals surface area contributed by atoms with Gasteiger partial charge in [0.2, 0.25) is 5.89 Å². The molecule has 116 valence electrons. The van der Waals surface area contributed by atoms with Crippen LogP contribution in [0.5, 0.6) is 0 Å². The van der Waals surface area contributed by atoms with Crippen molar-refractivity contribution in [3.63, 3.8) is 0 Å². The molecule has 21 heavy (non-hydrogen) atoms. The molecule has 0 aliphatic heterocycles. The highest BCUT2D eigenvalue weighted by atomic mass is 16.5. The molecule has 2 aromatic rings. The molecule has 0 aliphatic carbocycles. The maximum Gasteiger partial charge on any atom is 0.226 e. The van der Waals surface area contributed by atoms with Gasteiger partial charge in [0, 0.05) is 45.8 Å². The Morgan fingerprint density at radius 3 is 3.00 bits per heavy atom. The Hall–Kier alpha value is -1.80. The summed E-state index contributed by atoms with van der Waals surface area (Å²) in [5.74, 6) is 1.35. The Morgan fingerprint density at radius 2 is 2.24 bits per heavy atom. The maximum absolute atomic E-state index is 5.07. The van der Waals surface area contributed by atoms with Crippen molar-refractivity contribution in [3.8, 4) is 0 Å². The van der Waals surface area contributed by atoms with E-state index in [1.807, 2.05) is 17.8 Å². The molecule has 0 spiro atoms. The molecule has 0 bridgehead atoms. The van der Waals surface area contributed by atoms with Crippen LogP contribution in [0.4, 0.5) is 0 Å². The molecule has 0 saturated carbocycles. The highest BCUT2D eigenvalue weighted by Gasteiger charge is 2.04. The minimum atomic E-state index is 0.675. The normalized spacial score (nSPS) is 11.1. The van der Waals surface area contributed by atoms with Crippen molar-refractivity contribution in [2.24, 2.45) is 0 Å².